The molecule has 4 heteroatoms. The second kappa shape index (κ2) is 5.96. The normalized spacial score (nSPS) is 11.0. The van der Waals surface area contributed by atoms with Gasteiger partial charge in [0.15, 0.2) is 0 Å². The van der Waals surface area contributed by atoms with E-state index in [9.17, 15) is 0 Å². The van der Waals surface area contributed by atoms with Gasteiger partial charge in [0.25, 0.3) is 0 Å². The lowest BCUT2D eigenvalue weighted by atomic mass is 10.0. The molecule has 0 spiro atoms. The van der Waals surface area contributed by atoms with Crippen LogP contribution in [-0.2, 0) is 6.42 Å². The van der Waals surface area contributed by atoms with Crippen molar-refractivity contribution in [2.45, 2.75) is 13.3 Å². The molecule has 0 N–H and O–H groups in total. The van der Waals surface area contributed by atoms with Gasteiger partial charge < -0.3 is 0 Å². The van der Waals surface area contributed by atoms with Gasteiger partial charge in [0.2, 0.25) is 0 Å². The molecule has 0 radical (unpaired) electrons. The van der Waals surface area contributed by atoms with Crippen molar-refractivity contribution >= 4 is 50.0 Å². The largest absolute Gasteiger partial charge is 0.236 e. The molecular weight excluding hydrogens is 369 g/mol. The summed E-state index contributed by atoms with van der Waals surface area (Å²) in [6.07, 6.45) is 0.717. The zero-order valence-electron chi connectivity index (χ0n) is 11.3. The Morgan fingerprint density at radius 3 is 2.62 bits per heavy atom. The van der Waals surface area contributed by atoms with Gasteiger partial charge in [-0.3, -0.25) is 0 Å². The lowest BCUT2D eigenvalue weighted by molar-refractivity contribution is 1.16. The molecule has 3 rings (SSSR count). The first-order valence-electron chi connectivity index (χ1n) is 6.52. The minimum atomic E-state index is 0.543. The van der Waals surface area contributed by atoms with Gasteiger partial charge in [-0.25, -0.2) is 4.98 Å². The first-order valence-corrected chi connectivity index (χ1v) is 8.07. The summed E-state index contributed by atoms with van der Waals surface area (Å²) < 4.78 is 1.03. The molecule has 1 aromatic heterocycles. The van der Waals surface area contributed by atoms with Crippen LogP contribution in [0.1, 0.15) is 16.7 Å². The van der Waals surface area contributed by atoms with E-state index in [0.29, 0.717) is 11.6 Å². The summed E-state index contributed by atoms with van der Waals surface area (Å²) in [5, 5.41) is 2.39. The lowest BCUT2D eigenvalue weighted by Gasteiger charge is -2.08. The van der Waals surface area contributed by atoms with Crippen LogP contribution in [0.2, 0.25) is 10.2 Å². The van der Waals surface area contributed by atoms with Gasteiger partial charge in [-0.15, -0.1) is 0 Å². The lowest BCUT2D eigenvalue weighted by Crippen LogP contribution is -1.93. The summed E-state index contributed by atoms with van der Waals surface area (Å²) in [7, 11) is 0. The number of halogens is 3. The molecule has 0 aliphatic heterocycles. The predicted molar refractivity (Wildman–Crippen MR) is 93.4 cm³/mol. The van der Waals surface area contributed by atoms with Crippen LogP contribution < -0.4 is 0 Å². The monoisotopic (exact) mass is 379 g/mol. The van der Waals surface area contributed by atoms with E-state index in [1.807, 2.05) is 37.3 Å². The molecule has 3 aromatic rings. The van der Waals surface area contributed by atoms with Crippen molar-refractivity contribution in [2.75, 3.05) is 0 Å². The number of pyridine rings is 1. The molecule has 106 valence electrons. The van der Waals surface area contributed by atoms with Crippen LogP contribution in [0.4, 0.5) is 0 Å². The molecule has 0 fully saturated rings. The predicted octanol–water partition coefficient (Wildman–Crippen LogP) is 6.20. The number of fused-ring (bicyclic) bond motifs is 1. The van der Waals surface area contributed by atoms with E-state index in [1.165, 1.54) is 0 Å². The standard InChI is InChI=1S/C17H12BrCl2N/c1-10-2-3-11(7-15(10)19)6-13-8-12-9-14(18)4-5-16(12)21-17(13)20/h2-5,7-9H,6H2,1H3. The molecule has 0 aliphatic rings. The Labute approximate surface area is 142 Å². The van der Waals surface area contributed by atoms with Crippen molar-refractivity contribution in [1.82, 2.24) is 4.98 Å². The first kappa shape index (κ1) is 14.8. The average molecular weight is 381 g/mol. The van der Waals surface area contributed by atoms with E-state index in [1.54, 1.807) is 0 Å². The highest BCUT2D eigenvalue weighted by Gasteiger charge is 2.07. The number of benzene rings is 2. The Hall–Kier alpha value is -1.09. The number of rotatable bonds is 2. The number of aromatic nitrogens is 1. The smallest absolute Gasteiger partial charge is 0.133 e. The Kier molecular flexibility index (Phi) is 4.21. The van der Waals surface area contributed by atoms with E-state index in [0.717, 1.165) is 37.1 Å². The minimum absolute atomic E-state index is 0.543. The summed E-state index contributed by atoms with van der Waals surface area (Å²) in [6.45, 7) is 1.99. The third-order valence-corrected chi connectivity index (χ3v) is 4.66. The summed E-state index contributed by atoms with van der Waals surface area (Å²) in [5.74, 6) is 0. The van der Waals surface area contributed by atoms with Crippen LogP contribution >= 0.6 is 39.1 Å². The fourth-order valence-corrected chi connectivity index (χ4v) is 3.05. The molecule has 21 heavy (non-hydrogen) atoms. The maximum atomic E-state index is 6.31. The Bertz CT molecular complexity index is 830. The fraction of sp³-hybridized carbons (Fsp3) is 0.118. The summed E-state index contributed by atoms with van der Waals surface area (Å²) in [4.78, 5) is 4.46. The average Bonchev–Trinajstić information content (AvgIpc) is 2.44. The SMILES string of the molecule is Cc1ccc(Cc2cc3cc(Br)ccc3nc2Cl)cc1Cl. The molecule has 0 amide bonds. The van der Waals surface area contributed by atoms with Crippen molar-refractivity contribution in [3.05, 3.63) is 73.8 Å². The molecule has 2 aromatic carbocycles. The van der Waals surface area contributed by atoms with Crippen LogP contribution in [0.15, 0.2) is 46.9 Å². The molecule has 0 unspecified atom stereocenters. The van der Waals surface area contributed by atoms with Crippen LogP contribution in [-0.4, -0.2) is 4.98 Å². The summed E-state index contributed by atoms with van der Waals surface area (Å²) >= 11 is 16.0. The molecule has 0 saturated carbocycles. The second-order valence-electron chi connectivity index (χ2n) is 5.04. The van der Waals surface area contributed by atoms with Crippen LogP contribution in [0, 0.1) is 6.92 Å². The van der Waals surface area contributed by atoms with Crippen LogP contribution in [0.5, 0.6) is 0 Å². The van der Waals surface area contributed by atoms with E-state index in [-0.39, 0.29) is 0 Å². The van der Waals surface area contributed by atoms with Gasteiger partial charge in [-0.1, -0.05) is 51.3 Å². The van der Waals surface area contributed by atoms with E-state index in [4.69, 9.17) is 23.2 Å². The molecule has 0 atom stereocenters. The fourth-order valence-electron chi connectivity index (χ4n) is 2.26. The molecule has 0 aliphatic carbocycles. The topological polar surface area (TPSA) is 12.9 Å². The quantitative estimate of drug-likeness (QED) is 0.482. The highest BCUT2D eigenvalue weighted by Crippen LogP contribution is 2.26. The van der Waals surface area contributed by atoms with Crippen molar-refractivity contribution < 1.29 is 0 Å². The maximum Gasteiger partial charge on any atom is 0.133 e. The zero-order valence-corrected chi connectivity index (χ0v) is 14.4. The number of nitrogens with zero attached hydrogens (tertiary/aromatic N) is 1. The molecular formula is C17H12BrCl2N. The summed E-state index contributed by atoms with van der Waals surface area (Å²) in [5.41, 5.74) is 4.10. The van der Waals surface area contributed by atoms with Gasteiger partial charge in [-0.2, -0.15) is 0 Å². The highest BCUT2D eigenvalue weighted by molar-refractivity contribution is 9.10. The third-order valence-electron chi connectivity index (χ3n) is 3.43. The molecule has 1 nitrogen and oxygen atoms in total. The second-order valence-corrected chi connectivity index (χ2v) is 6.72. The van der Waals surface area contributed by atoms with Gasteiger partial charge in [-0.05, 0) is 53.9 Å². The molecule has 0 saturated heterocycles. The first-order chi connectivity index (χ1) is 10.0. The zero-order chi connectivity index (χ0) is 15.0. The van der Waals surface area contributed by atoms with Crippen molar-refractivity contribution in [3.8, 4) is 0 Å². The van der Waals surface area contributed by atoms with Gasteiger partial charge in [0.05, 0.1) is 5.52 Å². The van der Waals surface area contributed by atoms with Crippen molar-refractivity contribution in [2.24, 2.45) is 0 Å². The minimum Gasteiger partial charge on any atom is -0.236 e. The van der Waals surface area contributed by atoms with Crippen molar-refractivity contribution in [3.63, 3.8) is 0 Å². The van der Waals surface area contributed by atoms with Gasteiger partial charge >= 0.3 is 0 Å². The van der Waals surface area contributed by atoms with Gasteiger partial charge in [0, 0.05) is 21.3 Å². The van der Waals surface area contributed by atoms with E-state index >= 15 is 0 Å². The Morgan fingerprint density at radius 2 is 1.86 bits per heavy atom. The van der Waals surface area contributed by atoms with Crippen molar-refractivity contribution in [1.29, 1.82) is 0 Å². The van der Waals surface area contributed by atoms with Gasteiger partial charge in [0.1, 0.15) is 5.15 Å². The number of hydrogen-bond acceptors (Lipinski definition) is 1. The molecule has 1 heterocycles. The Balaban J connectivity index is 2.03. The van der Waals surface area contributed by atoms with E-state index in [2.05, 4.69) is 33.0 Å². The van der Waals surface area contributed by atoms with Crippen LogP contribution in [0.3, 0.4) is 0 Å². The highest BCUT2D eigenvalue weighted by atomic mass is 79.9. The maximum absolute atomic E-state index is 6.31. The Morgan fingerprint density at radius 1 is 1.05 bits per heavy atom. The molecule has 0 bridgehead atoms. The number of aryl methyl sites for hydroxylation is 1. The van der Waals surface area contributed by atoms with E-state index < -0.39 is 0 Å². The van der Waals surface area contributed by atoms with Crippen LogP contribution in [0.25, 0.3) is 10.9 Å². The third kappa shape index (κ3) is 3.23. The number of hydrogen-bond donors (Lipinski definition) is 0. The summed E-state index contributed by atoms with van der Waals surface area (Å²) in [6, 6.07) is 14.1.